The topological polar surface area (TPSA) is 54.9 Å². The van der Waals surface area contributed by atoms with Crippen LogP contribution in [0.25, 0.3) is 0 Å². The van der Waals surface area contributed by atoms with E-state index >= 15 is 0 Å². The van der Waals surface area contributed by atoms with Crippen molar-refractivity contribution in [1.82, 2.24) is 10.6 Å². The molecule has 1 atom stereocenters. The van der Waals surface area contributed by atoms with Crippen LogP contribution in [0, 0.1) is 5.82 Å². The van der Waals surface area contributed by atoms with Crippen molar-refractivity contribution in [2.75, 3.05) is 33.4 Å². The Morgan fingerprint density at radius 1 is 1.30 bits per heavy atom. The van der Waals surface area contributed by atoms with Gasteiger partial charge in [-0.1, -0.05) is 13.0 Å². The first-order valence-electron chi connectivity index (χ1n) is 8.12. The third-order valence-corrected chi connectivity index (χ3v) is 3.17. The lowest BCUT2D eigenvalue weighted by Crippen LogP contribution is -2.39. The first kappa shape index (κ1) is 19.2. The van der Waals surface area contributed by atoms with Gasteiger partial charge >= 0.3 is 0 Å². The summed E-state index contributed by atoms with van der Waals surface area (Å²) in [6, 6.07) is 6.19. The van der Waals surface area contributed by atoms with E-state index in [1.807, 2.05) is 13.8 Å². The number of benzene rings is 1. The molecule has 6 heteroatoms. The van der Waals surface area contributed by atoms with E-state index in [4.69, 9.17) is 9.47 Å². The van der Waals surface area contributed by atoms with Crippen LogP contribution in [0.15, 0.2) is 29.3 Å². The highest BCUT2D eigenvalue weighted by Gasteiger charge is 2.09. The molecule has 0 saturated carbocycles. The Bertz CT molecular complexity index is 469. The van der Waals surface area contributed by atoms with Gasteiger partial charge < -0.3 is 20.1 Å². The third-order valence-electron chi connectivity index (χ3n) is 3.17. The lowest BCUT2D eigenvalue weighted by atomic mass is 10.2. The first-order chi connectivity index (χ1) is 11.2. The van der Waals surface area contributed by atoms with Gasteiger partial charge in [0.2, 0.25) is 0 Å². The zero-order valence-electron chi connectivity index (χ0n) is 14.3. The molecule has 5 nitrogen and oxygen atoms in total. The van der Waals surface area contributed by atoms with E-state index in [2.05, 4.69) is 15.6 Å². The van der Waals surface area contributed by atoms with Gasteiger partial charge in [0, 0.05) is 32.9 Å². The average molecular weight is 325 g/mol. The average Bonchev–Trinajstić information content (AvgIpc) is 2.55. The molecule has 0 saturated heterocycles. The van der Waals surface area contributed by atoms with Crippen LogP contribution in [-0.2, 0) is 4.74 Å². The molecule has 0 aliphatic heterocycles. The van der Waals surface area contributed by atoms with Gasteiger partial charge in [0.1, 0.15) is 17.7 Å². The molecule has 23 heavy (non-hydrogen) atoms. The second kappa shape index (κ2) is 11.7. The highest BCUT2D eigenvalue weighted by molar-refractivity contribution is 5.79. The zero-order chi connectivity index (χ0) is 16.9. The highest BCUT2D eigenvalue weighted by Crippen LogP contribution is 2.15. The van der Waals surface area contributed by atoms with Gasteiger partial charge in [-0.05, 0) is 31.9 Å². The molecular weight excluding hydrogens is 297 g/mol. The lowest BCUT2D eigenvalue weighted by Gasteiger charge is -2.17. The van der Waals surface area contributed by atoms with Gasteiger partial charge in [-0.2, -0.15) is 0 Å². The fraction of sp³-hybridized carbons (Fsp3) is 0.588. The van der Waals surface area contributed by atoms with E-state index in [9.17, 15) is 4.39 Å². The van der Waals surface area contributed by atoms with E-state index < -0.39 is 0 Å². The summed E-state index contributed by atoms with van der Waals surface area (Å²) in [7, 11) is 1.69. The number of ether oxygens (including phenoxy) is 2. The van der Waals surface area contributed by atoms with E-state index in [0.29, 0.717) is 18.9 Å². The van der Waals surface area contributed by atoms with Crippen LogP contribution in [0.2, 0.25) is 0 Å². The number of hydrogen-bond acceptors (Lipinski definition) is 3. The van der Waals surface area contributed by atoms with E-state index in [0.717, 1.165) is 31.9 Å². The minimum absolute atomic E-state index is 0.0915. The fourth-order valence-corrected chi connectivity index (χ4v) is 1.94. The maximum atomic E-state index is 13.2. The monoisotopic (exact) mass is 325 g/mol. The second-order valence-electron chi connectivity index (χ2n) is 5.10. The van der Waals surface area contributed by atoms with E-state index in [-0.39, 0.29) is 11.9 Å². The van der Waals surface area contributed by atoms with Crippen molar-refractivity contribution in [3.05, 3.63) is 30.1 Å². The van der Waals surface area contributed by atoms with Gasteiger partial charge in [-0.3, -0.25) is 0 Å². The molecule has 1 aromatic rings. The molecule has 0 heterocycles. The van der Waals surface area contributed by atoms with Gasteiger partial charge in [-0.15, -0.1) is 0 Å². The molecule has 130 valence electrons. The number of aliphatic imine (C=N–C) groups is 1. The summed E-state index contributed by atoms with van der Waals surface area (Å²) >= 11 is 0. The molecule has 1 rings (SSSR count). The van der Waals surface area contributed by atoms with Gasteiger partial charge in [0.15, 0.2) is 5.96 Å². The first-order valence-corrected chi connectivity index (χ1v) is 8.12. The van der Waals surface area contributed by atoms with Crippen LogP contribution in [0.1, 0.15) is 26.7 Å². The Labute approximate surface area is 138 Å². The standard InChI is InChI=1S/C17H28FN3O2/c1-4-15(23-16-9-6-8-14(18)12-16)13-21-17(19-5-2)20-10-7-11-22-3/h6,8-9,12,15H,4-5,7,10-11,13H2,1-3H3,(H2,19,20,21). The Balaban J connectivity index is 2.52. The van der Waals surface area contributed by atoms with Crippen LogP contribution >= 0.6 is 0 Å². The molecule has 0 amide bonds. The predicted octanol–water partition coefficient (Wildman–Crippen LogP) is 2.57. The van der Waals surface area contributed by atoms with Crippen molar-refractivity contribution in [1.29, 1.82) is 0 Å². The third kappa shape index (κ3) is 8.40. The van der Waals surface area contributed by atoms with E-state index in [1.165, 1.54) is 12.1 Å². The molecule has 0 aliphatic rings. The largest absolute Gasteiger partial charge is 0.488 e. The van der Waals surface area contributed by atoms with E-state index in [1.54, 1.807) is 19.2 Å². The quantitative estimate of drug-likeness (QED) is 0.394. The summed E-state index contributed by atoms with van der Waals surface area (Å²) in [4.78, 5) is 4.54. The molecule has 1 aromatic carbocycles. The molecule has 0 radical (unpaired) electrons. The Morgan fingerprint density at radius 3 is 2.78 bits per heavy atom. The van der Waals surface area contributed by atoms with Crippen molar-refractivity contribution in [2.45, 2.75) is 32.8 Å². The number of nitrogens with zero attached hydrogens (tertiary/aromatic N) is 1. The molecule has 0 aliphatic carbocycles. The van der Waals surface area contributed by atoms with Crippen LogP contribution in [0.5, 0.6) is 5.75 Å². The Morgan fingerprint density at radius 2 is 2.13 bits per heavy atom. The van der Waals surface area contributed by atoms with Crippen molar-refractivity contribution in [3.8, 4) is 5.75 Å². The molecule has 2 N–H and O–H groups in total. The maximum absolute atomic E-state index is 13.2. The zero-order valence-corrected chi connectivity index (χ0v) is 14.3. The van der Waals surface area contributed by atoms with Crippen LogP contribution < -0.4 is 15.4 Å². The normalized spacial score (nSPS) is 12.8. The minimum atomic E-state index is -0.297. The molecule has 1 unspecified atom stereocenters. The Hall–Kier alpha value is -1.82. The Kier molecular flexibility index (Phi) is 9.79. The summed E-state index contributed by atoms with van der Waals surface area (Å²) in [5.74, 6) is 0.990. The number of rotatable bonds is 10. The smallest absolute Gasteiger partial charge is 0.191 e. The van der Waals surface area contributed by atoms with Crippen molar-refractivity contribution >= 4 is 5.96 Å². The molecule has 0 fully saturated rings. The van der Waals surface area contributed by atoms with Crippen molar-refractivity contribution < 1.29 is 13.9 Å². The molecule has 0 aromatic heterocycles. The van der Waals surface area contributed by atoms with Gasteiger partial charge in [-0.25, -0.2) is 9.38 Å². The van der Waals surface area contributed by atoms with Crippen molar-refractivity contribution in [3.63, 3.8) is 0 Å². The van der Waals surface area contributed by atoms with Crippen LogP contribution in [-0.4, -0.2) is 45.4 Å². The molecular formula is C17H28FN3O2. The summed E-state index contributed by atoms with van der Waals surface area (Å²) in [6.45, 7) is 6.85. The summed E-state index contributed by atoms with van der Waals surface area (Å²) in [5.41, 5.74) is 0. The lowest BCUT2D eigenvalue weighted by molar-refractivity contribution is 0.195. The van der Waals surface area contributed by atoms with Gasteiger partial charge in [0.05, 0.1) is 6.54 Å². The van der Waals surface area contributed by atoms with Crippen molar-refractivity contribution in [2.24, 2.45) is 4.99 Å². The summed E-state index contributed by atoms with van der Waals surface area (Å²) in [5, 5.41) is 6.45. The van der Waals surface area contributed by atoms with Gasteiger partial charge in [0.25, 0.3) is 0 Å². The number of halogens is 1. The maximum Gasteiger partial charge on any atom is 0.191 e. The molecule has 0 spiro atoms. The highest BCUT2D eigenvalue weighted by atomic mass is 19.1. The number of methoxy groups -OCH3 is 1. The summed E-state index contributed by atoms with van der Waals surface area (Å²) < 4.78 is 24.0. The molecule has 0 bridgehead atoms. The number of nitrogens with one attached hydrogen (secondary N) is 2. The SMILES string of the molecule is CCNC(=NCC(CC)Oc1cccc(F)c1)NCCCOC. The summed E-state index contributed by atoms with van der Waals surface area (Å²) in [6.07, 6.45) is 1.62. The number of hydrogen-bond donors (Lipinski definition) is 2. The second-order valence-corrected chi connectivity index (χ2v) is 5.10. The van der Waals surface area contributed by atoms with Crippen LogP contribution in [0.4, 0.5) is 4.39 Å². The van der Waals surface area contributed by atoms with Crippen LogP contribution in [0.3, 0.4) is 0 Å². The fourth-order valence-electron chi connectivity index (χ4n) is 1.94. The number of guanidine groups is 1. The predicted molar refractivity (Wildman–Crippen MR) is 91.6 cm³/mol. The minimum Gasteiger partial charge on any atom is -0.488 e.